The molecular formula is C26H32N2O6. The Morgan fingerprint density at radius 1 is 1.03 bits per heavy atom. The number of hydrogen-bond acceptors (Lipinski definition) is 5. The summed E-state index contributed by atoms with van der Waals surface area (Å²) in [7, 11) is 1.41. The van der Waals surface area contributed by atoms with Gasteiger partial charge in [0.15, 0.2) is 0 Å². The van der Waals surface area contributed by atoms with E-state index in [2.05, 4.69) is 10.6 Å². The van der Waals surface area contributed by atoms with Crippen LogP contribution in [0, 0.1) is 5.92 Å². The topological polar surface area (TPSA) is 114 Å². The number of carbonyl (C=O) groups excluding carboxylic acids is 2. The van der Waals surface area contributed by atoms with Crippen molar-refractivity contribution in [2.45, 2.75) is 44.7 Å². The summed E-state index contributed by atoms with van der Waals surface area (Å²) >= 11 is 0. The number of fused-ring (bicyclic) bond motifs is 3. The number of rotatable bonds is 10. The Morgan fingerprint density at radius 2 is 1.59 bits per heavy atom. The smallest absolute Gasteiger partial charge is 0.408 e. The molecule has 0 bridgehead atoms. The van der Waals surface area contributed by atoms with Gasteiger partial charge in [-0.25, -0.2) is 9.59 Å². The van der Waals surface area contributed by atoms with Crippen molar-refractivity contribution in [3.05, 3.63) is 59.7 Å². The van der Waals surface area contributed by atoms with Gasteiger partial charge in [-0.15, -0.1) is 0 Å². The lowest BCUT2D eigenvalue weighted by Crippen LogP contribution is -2.64. The van der Waals surface area contributed by atoms with Crippen molar-refractivity contribution in [2.75, 3.05) is 20.3 Å². The van der Waals surface area contributed by atoms with E-state index in [0.29, 0.717) is 0 Å². The molecule has 2 amide bonds. The molecule has 0 aromatic heterocycles. The molecule has 2 aromatic carbocycles. The molecule has 8 nitrogen and oxygen atoms in total. The Bertz CT molecular complexity index is 1010. The third-order valence-corrected chi connectivity index (χ3v) is 6.33. The first-order valence-corrected chi connectivity index (χ1v) is 11.4. The van der Waals surface area contributed by atoms with Gasteiger partial charge < -0.3 is 25.2 Å². The minimum Gasteiger partial charge on any atom is -0.480 e. The van der Waals surface area contributed by atoms with Crippen LogP contribution in [0.25, 0.3) is 11.1 Å². The zero-order chi connectivity index (χ0) is 24.9. The summed E-state index contributed by atoms with van der Waals surface area (Å²) < 4.78 is 10.8. The first kappa shape index (κ1) is 25.2. The van der Waals surface area contributed by atoms with E-state index < -0.39 is 29.6 Å². The largest absolute Gasteiger partial charge is 0.480 e. The van der Waals surface area contributed by atoms with Crippen molar-refractivity contribution >= 4 is 18.0 Å². The Kier molecular flexibility index (Phi) is 7.94. The van der Waals surface area contributed by atoms with Crippen LogP contribution in [-0.4, -0.2) is 55.0 Å². The van der Waals surface area contributed by atoms with Gasteiger partial charge in [0.25, 0.3) is 0 Å². The van der Waals surface area contributed by atoms with E-state index in [4.69, 9.17) is 9.47 Å². The predicted octanol–water partition coefficient (Wildman–Crippen LogP) is 3.55. The monoisotopic (exact) mass is 468 g/mol. The van der Waals surface area contributed by atoms with Crippen molar-refractivity contribution in [1.29, 1.82) is 0 Å². The summed E-state index contributed by atoms with van der Waals surface area (Å²) in [4.78, 5) is 37.5. The number of benzene rings is 2. The Morgan fingerprint density at radius 3 is 2.06 bits per heavy atom. The molecule has 34 heavy (non-hydrogen) atoms. The molecule has 1 aliphatic carbocycles. The summed E-state index contributed by atoms with van der Waals surface area (Å²) in [5.41, 5.74) is 2.91. The van der Waals surface area contributed by atoms with Crippen LogP contribution in [0.2, 0.25) is 0 Å². The molecule has 2 atom stereocenters. The van der Waals surface area contributed by atoms with Crippen LogP contribution in [0.1, 0.15) is 44.2 Å². The number of amides is 2. The molecule has 0 heterocycles. The van der Waals surface area contributed by atoms with E-state index in [9.17, 15) is 19.5 Å². The average Bonchev–Trinajstić information content (AvgIpc) is 3.14. The SMILES string of the molecule is CCC(COC)(NC(=O)OCC1c2ccccc2-c2ccccc21)C(=O)N[C@@H](C(=O)O)C(C)C. The lowest BCUT2D eigenvalue weighted by atomic mass is 9.94. The zero-order valence-electron chi connectivity index (χ0n) is 20.0. The predicted molar refractivity (Wildman–Crippen MR) is 128 cm³/mol. The molecule has 182 valence electrons. The second-order valence-electron chi connectivity index (χ2n) is 8.85. The lowest BCUT2D eigenvalue weighted by molar-refractivity contribution is -0.144. The Labute approximate surface area is 199 Å². The summed E-state index contributed by atoms with van der Waals surface area (Å²) in [6.07, 6.45) is -0.589. The van der Waals surface area contributed by atoms with Crippen LogP contribution in [0.3, 0.4) is 0 Å². The van der Waals surface area contributed by atoms with E-state index in [-0.39, 0.29) is 31.5 Å². The number of carbonyl (C=O) groups is 3. The number of hydrogen-bond donors (Lipinski definition) is 3. The molecule has 0 spiro atoms. The second-order valence-corrected chi connectivity index (χ2v) is 8.85. The number of carboxylic acid groups (broad SMARTS) is 1. The van der Waals surface area contributed by atoms with E-state index in [1.165, 1.54) is 7.11 Å². The molecule has 0 saturated heterocycles. The van der Waals surface area contributed by atoms with Crippen LogP contribution in [0.15, 0.2) is 48.5 Å². The van der Waals surface area contributed by atoms with Gasteiger partial charge in [0.05, 0.1) is 6.61 Å². The third kappa shape index (κ3) is 5.07. The maximum absolute atomic E-state index is 13.1. The van der Waals surface area contributed by atoms with Gasteiger partial charge in [-0.2, -0.15) is 0 Å². The number of nitrogens with one attached hydrogen (secondary N) is 2. The van der Waals surface area contributed by atoms with Gasteiger partial charge >= 0.3 is 12.1 Å². The molecule has 2 aromatic rings. The van der Waals surface area contributed by atoms with Crippen LogP contribution >= 0.6 is 0 Å². The van der Waals surface area contributed by atoms with Crippen LogP contribution < -0.4 is 10.6 Å². The van der Waals surface area contributed by atoms with Gasteiger partial charge in [-0.05, 0) is 34.6 Å². The number of aliphatic carboxylic acids is 1. The maximum Gasteiger partial charge on any atom is 0.408 e. The van der Waals surface area contributed by atoms with Crippen molar-refractivity contribution < 1.29 is 29.0 Å². The minimum atomic E-state index is -1.47. The van der Waals surface area contributed by atoms with Crippen LogP contribution in [0.5, 0.6) is 0 Å². The van der Waals surface area contributed by atoms with Gasteiger partial charge in [0, 0.05) is 13.0 Å². The van der Waals surface area contributed by atoms with E-state index in [1.54, 1.807) is 20.8 Å². The fourth-order valence-corrected chi connectivity index (χ4v) is 4.38. The highest BCUT2D eigenvalue weighted by Crippen LogP contribution is 2.44. The average molecular weight is 469 g/mol. The molecule has 0 aliphatic heterocycles. The molecule has 1 unspecified atom stereocenters. The van der Waals surface area contributed by atoms with E-state index >= 15 is 0 Å². The summed E-state index contributed by atoms with van der Waals surface area (Å²) in [6.45, 7) is 5.07. The Hall–Kier alpha value is -3.39. The first-order valence-electron chi connectivity index (χ1n) is 11.4. The highest BCUT2D eigenvalue weighted by Gasteiger charge is 2.41. The molecule has 3 rings (SSSR count). The molecule has 1 aliphatic rings. The van der Waals surface area contributed by atoms with E-state index in [1.807, 2.05) is 48.5 Å². The van der Waals surface area contributed by atoms with Crippen molar-refractivity contribution in [1.82, 2.24) is 10.6 Å². The highest BCUT2D eigenvalue weighted by molar-refractivity contribution is 5.93. The fourth-order valence-electron chi connectivity index (χ4n) is 4.38. The van der Waals surface area contributed by atoms with Gasteiger partial charge in [-0.1, -0.05) is 69.3 Å². The lowest BCUT2D eigenvalue weighted by Gasteiger charge is -2.33. The normalized spacial score (nSPS) is 15.1. The zero-order valence-corrected chi connectivity index (χ0v) is 20.0. The molecule has 3 N–H and O–H groups in total. The van der Waals surface area contributed by atoms with Gasteiger partial charge in [0.1, 0.15) is 18.2 Å². The van der Waals surface area contributed by atoms with Crippen molar-refractivity contribution in [2.24, 2.45) is 5.92 Å². The quantitative estimate of drug-likeness (QED) is 0.491. The number of alkyl carbamates (subject to hydrolysis) is 1. The van der Waals surface area contributed by atoms with E-state index in [0.717, 1.165) is 22.3 Å². The summed E-state index contributed by atoms with van der Waals surface area (Å²) in [6, 6.07) is 14.9. The molecular weight excluding hydrogens is 436 g/mol. The molecule has 0 fully saturated rings. The minimum absolute atomic E-state index is 0.0952. The summed E-state index contributed by atoms with van der Waals surface area (Å²) in [5.74, 6) is -2.24. The van der Waals surface area contributed by atoms with Crippen LogP contribution in [-0.2, 0) is 19.1 Å². The number of ether oxygens (including phenoxy) is 2. The first-order chi connectivity index (χ1) is 16.2. The number of methoxy groups -OCH3 is 1. The fraction of sp³-hybridized carbons (Fsp3) is 0.423. The van der Waals surface area contributed by atoms with Crippen LogP contribution in [0.4, 0.5) is 4.79 Å². The van der Waals surface area contributed by atoms with Crippen molar-refractivity contribution in [3.8, 4) is 11.1 Å². The van der Waals surface area contributed by atoms with Crippen molar-refractivity contribution in [3.63, 3.8) is 0 Å². The van der Waals surface area contributed by atoms with Gasteiger partial charge in [-0.3, -0.25) is 4.79 Å². The Balaban J connectivity index is 1.74. The maximum atomic E-state index is 13.1. The molecule has 0 radical (unpaired) electrons. The molecule has 8 heteroatoms. The van der Waals surface area contributed by atoms with Gasteiger partial charge in [0.2, 0.25) is 5.91 Å². The third-order valence-electron chi connectivity index (χ3n) is 6.33. The summed E-state index contributed by atoms with van der Waals surface area (Å²) in [5, 5.41) is 14.6. The second kappa shape index (κ2) is 10.7. The molecule has 0 saturated carbocycles. The standard InChI is InChI=1S/C26H32N2O6/c1-5-26(15-33-4,24(31)27-22(16(2)3)23(29)30)28-25(32)34-14-21-19-12-8-6-10-17(19)18-11-7-9-13-20(18)21/h6-13,16,21-22H,5,14-15H2,1-4H3,(H,27,31)(H,28,32)(H,29,30)/t22-,26?/m1/s1. The highest BCUT2D eigenvalue weighted by atomic mass is 16.5. The number of carboxylic acids is 1.